The second-order valence-corrected chi connectivity index (χ2v) is 13.7. The van der Waals surface area contributed by atoms with Crippen LogP contribution in [0.15, 0.2) is 95.9 Å². The lowest BCUT2D eigenvalue weighted by Crippen LogP contribution is -2.55. The minimum absolute atomic E-state index is 0.179. The molecular weight excluding hydrogens is 596 g/mol. The lowest BCUT2D eigenvalue weighted by Gasteiger charge is -2.29. The Kier molecular flexibility index (Phi) is 12.0. The number of thioether (sulfide) groups is 1. The van der Waals surface area contributed by atoms with Crippen LogP contribution < -0.4 is 16.0 Å². The quantitative estimate of drug-likeness (QED) is 0.137. The van der Waals surface area contributed by atoms with Crippen LogP contribution in [-0.4, -0.2) is 57.3 Å². The van der Waals surface area contributed by atoms with Gasteiger partial charge in [0.15, 0.2) is 0 Å². The minimum Gasteiger partial charge on any atom is -0.390 e. The molecule has 8 nitrogen and oxygen atoms in total. The molecule has 1 heterocycles. The van der Waals surface area contributed by atoms with Crippen LogP contribution in [0.5, 0.6) is 0 Å². The highest BCUT2D eigenvalue weighted by Gasteiger charge is 2.31. The van der Waals surface area contributed by atoms with Crippen molar-refractivity contribution < 1.29 is 19.5 Å². The monoisotopic (exact) mass is 640 g/mol. The SMILES string of the molecule is CC[C@@H](C)[C@H](NC(=O)c1ccc2ccccc2n1)C(=O)N[C@@H](Cc1ccccc1)[C@H](O)CSc1ccccc1C(=O)NC(C)(C)C. The summed E-state index contributed by atoms with van der Waals surface area (Å²) < 4.78 is 0. The molecule has 46 heavy (non-hydrogen) atoms. The van der Waals surface area contributed by atoms with Crippen molar-refractivity contribution in [3.63, 3.8) is 0 Å². The van der Waals surface area contributed by atoms with E-state index < -0.39 is 29.6 Å². The van der Waals surface area contributed by atoms with E-state index in [2.05, 4.69) is 20.9 Å². The Morgan fingerprint density at radius 3 is 2.24 bits per heavy atom. The third-order valence-electron chi connectivity index (χ3n) is 7.73. The van der Waals surface area contributed by atoms with Gasteiger partial charge in [0.25, 0.3) is 11.8 Å². The average Bonchev–Trinajstić information content (AvgIpc) is 3.04. The van der Waals surface area contributed by atoms with Crippen LogP contribution in [0.4, 0.5) is 0 Å². The van der Waals surface area contributed by atoms with E-state index in [1.165, 1.54) is 11.8 Å². The Labute approximate surface area is 275 Å². The number of carbonyl (C=O) groups is 3. The van der Waals surface area contributed by atoms with Gasteiger partial charge in [0, 0.05) is 21.6 Å². The first-order valence-electron chi connectivity index (χ1n) is 15.7. The lowest BCUT2D eigenvalue weighted by molar-refractivity contribution is -0.125. The van der Waals surface area contributed by atoms with Gasteiger partial charge in [-0.3, -0.25) is 14.4 Å². The molecule has 9 heteroatoms. The number of benzene rings is 3. The molecule has 3 aromatic carbocycles. The molecule has 3 amide bonds. The summed E-state index contributed by atoms with van der Waals surface area (Å²) in [6.45, 7) is 9.65. The van der Waals surface area contributed by atoms with E-state index in [1.807, 2.05) is 113 Å². The summed E-state index contributed by atoms with van der Waals surface area (Å²) in [5.74, 6) is -0.946. The molecule has 0 aliphatic heterocycles. The molecule has 0 aliphatic carbocycles. The van der Waals surface area contributed by atoms with E-state index >= 15 is 0 Å². The number of nitrogens with zero attached hydrogens (tertiary/aromatic N) is 1. The van der Waals surface area contributed by atoms with E-state index in [0.29, 0.717) is 23.9 Å². The number of para-hydroxylation sites is 1. The topological polar surface area (TPSA) is 120 Å². The standard InChI is InChI=1S/C37H44N4O4S/c1-6-24(2)33(40-35(44)29-21-20-26-16-10-12-18-28(26)38-29)36(45)39-30(22-25-14-8-7-9-15-25)31(42)23-46-32-19-13-11-17-27(32)34(43)41-37(3,4)5/h7-21,24,30-31,33,42H,6,22-23H2,1-5H3,(H,39,45)(H,40,44)(H,41,43)/t24-,30+,31-,33+/m1/s1. The molecular formula is C37H44N4O4S. The van der Waals surface area contributed by atoms with Gasteiger partial charge in [-0.25, -0.2) is 4.98 Å². The molecule has 1 aromatic heterocycles. The molecule has 4 atom stereocenters. The highest BCUT2D eigenvalue weighted by molar-refractivity contribution is 7.99. The number of aliphatic hydroxyl groups excluding tert-OH is 1. The molecule has 0 bridgehead atoms. The fourth-order valence-electron chi connectivity index (χ4n) is 5.01. The van der Waals surface area contributed by atoms with E-state index in [1.54, 1.807) is 12.1 Å². The number of pyridine rings is 1. The number of nitrogens with one attached hydrogen (secondary N) is 3. The smallest absolute Gasteiger partial charge is 0.270 e. The molecule has 0 spiro atoms. The number of hydrogen-bond donors (Lipinski definition) is 4. The van der Waals surface area contributed by atoms with Crippen LogP contribution >= 0.6 is 11.8 Å². The molecule has 0 radical (unpaired) electrons. The minimum atomic E-state index is -0.955. The van der Waals surface area contributed by atoms with Gasteiger partial charge < -0.3 is 21.1 Å². The maximum atomic E-state index is 13.9. The molecule has 4 rings (SSSR count). The zero-order valence-corrected chi connectivity index (χ0v) is 27.9. The van der Waals surface area contributed by atoms with Gasteiger partial charge in [0.05, 0.1) is 23.2 Å². The number of aromatic nitrogens is 1. The first-order valence-corrected chi connectivity index (χ1v) is 16.7. The van der Waals surface area contributed by atoms with E-state index in [-0.39, 0.29) is 29.2 Å². The van der Waals surface area contributed by atoms with Crippen LogP contribution in [0.25, 0.3) is 10.9 Å². The molecule has 0 fully saturated rings. The van der Waals surface area contributed by atoms with Crippen LogP contribution in [0, 0.1) is 5.92 Å². The van der Waals surface area contributed by atoms with Crippen LogP contribution in [0.3, 0.4) is 0 Å². The lowest BCUT2D eigenvalue weighted by atomic mass is 9.96. The predicted octanol–water partition coefficient (Wildman–Crippen LogP) is 5.79. The van der Waals surface area contributed by atoms with Crippen molar-refractivity contribution >= 4 is 40.4 Å². The van der Waals surface area contributed by atoms with Gasteiger partial charge in [-0.05, 0) is 62.9 Å². The Bertz CT molecular complexity index is 1640. The van der Waals surface area contributed by atoms with E-state index in [4.69, 9.17) is 0 Å². The van der Waals surface area contributed by atoms with Crippen molar-refractivity contribution in [2.45, 2.75) is 76.1 Å². The Morgan fingerprint density at radius 2 is 1.52 bits per heavy atom. The third-order valence-corrected chi connectivity index (χ3v) is 8.91. The fraction of sp³-hybridized carbons (Fsp3) is 0.351. The van der Waals surface area contributed by atoms with Gasteiger partial charge in [0.1, 0.15) is 11.7 Å². The molecule has 4 N–H and O–H groups in total. The summed E-state index contributed by atoms with van der Waals surface area (Å²) in [6, 6.07) is 26.5. The largest absolute Gasteiger partial charge is 0.390 e. The summed E-state index contributed by atoms with van der Waals surface area (Å²) in [6.07, 6.45) is 0.0790. The second-order valence-electron chi connectivity index (χ2n) is 12.6. The van der Waals surface area contributed by atoms with Crippen molar-refractivity contribution in [3.8, 4) is 0 Å². The maximum Gasteiger partial charge on any atom is 0.270 e. The first-order chi connectivity index (χ1) is 21.9. The first kappa shape index (κ1) is 34.7. The van der Waals surface area contributed by atoms with Gasteiger partial charge in [0.2, 0.25) is 5.91 Å². The molecule has 0 aliphatic rings. The van der Waals surface area contributed by atoms with Gasteiger partial charge in [-0.1, -0.05) is 87.0 Å². The number of aliphatic hydroxyl groups is 1. The zero-order chi connectivity index (χ0) is 33.3. The van der Waals surface area contributed by atoms with Crippen LogP contribution in [0.2, 0.25) is 0 Å². The summed E-state index contributed by atoms with van der Waals surface area (Å²) in [4.78, 5) is 45.4. The molecule has 0 unspecified atom stereocenters. The van der Waals surface area contributed by atoms with Gasteiger partial charge in [-0.2, -0.15) is 0 Å². The Morgan fingerprint density at radius 1 is 0.848 bits per heavy atom. The zero-order valence-electron chi connectivity index (χ0n) is 27.1. The van der Waals surface area contributed by atoms with Crippen molar-refractivity contribution in [1.29, 1.82) is 0 Å². The summed E-state index contributed by atoms with van der Waals surface area (Å²) >= 11 is 1.36. The second kappa shape index (κ2) is 15.9. The average molecular weight is 641 g/mol. The maximum absolute atomic E-state index is 13.9. The number of fused-ring (bicyclic) bond motifs is 1. The van der Waals surface area contributed by atoms with Gasteiger partial charge in [-0.15, -0.1) is 11.8 Å². The van der Waals surface area contributed by atoms with E-state index in [9.17, 15) is 19.5 Å². The van der Waals surface area contributed by atoms with Gasteiger partial charge >= 0.3 is 0 Å². The van der Waals surface area contributed by atoms with Crippen molar-refractivity contribution in [3.05, 3.63) is 108 Å². The highest BCUT2D eigenvalue weighted by atomic mass is 32.2. The Hall–Kier alpha value is -4.21. The highest BCUT2D eigenvalue weighted by Crippen LogP contribution is 2.25. The molecule has 0 saturated heterocycles. The number of rotatable bonds is 13. The number of hydrogen-bond acceptors (Lipinski definition) is 6. The van der Waals surface area contributed by atoms with E-state index in [0.717, 1.165) is 15.8 Å². The summed E-state index contributed by atoms with van der Waals surface area (Å²) in [5.41, 5.74) is 2.00. The fourth-order valence-corrected chi connectivity index (χ4v) is 6.09. The van der Waals surface area contributed by atoms with Crippen molar-refractivity contribution in [1.82, 2.24) is 20.9 Å². The van der Waals surface area contributed by atoms with Crippen molar-refractivity contribution in [2.24, 2.45) is 5.92 Å². The Balaban J connectivity index is 1.52. The molecule has 242 valence electrons. The third kappa shape index (κ3) is 9.64. The predicted molar refractivity (Wildman–Crippen MR) is 185 cm³/mol. The van der Waals surface area contributed by atoms with Crippen molar-refractivity contribution in [2.75, 3.05) is 5.75 Å². The summed E-state index contributed by atoms with van der Waals surface area (Å²) in [7, 11) is 0. The molecule has 0 saturated carbocycles. The summed E-state index contributed by atoms with van der Waals surface area (Å²) in [5, 5.41) is 21.4. The molecule has 4 aromatic rings. The van der Waals surface area contributed by atoms with Crippen LogP contribution in [-0.2, 0) is 11.2 Å². The number of carbonyl (C=O) groups excluding carboxylic acids is 3. The number of amides is 3. The normalized spacial score (nSPS) is 14.1. The van der Waals surface area contributed by atoms with Crippen LogP contribution in [0.1, 0.15) is 67.4 Å².